The van der Waals surface area contributed by atoms with Gasteiger partial charge in [0.15, 0.2) is 0 Å². The fraction of sp³-hybridized carbons (Fsp3) is 0.412. The summed E-state index contributed by atoms with van der Waals surface area (Å²) < 4.78 is 0. The summed E-state index contributed by atoms with van der Waals surface area (Å²) in [6, 6.07) is 10.2. The van der Waals surface area contributed by atoms with Gasteiger partial charge in [-0.05, 0) is 25.0 Å². The fourth-order valence-electron chi connectivity index (χ4n) is 3.10. The second-order valence-electron chi connectivity index (χ2n) is 5.90. The molecule has 1 fully saturated rings. The standard InChI is InChI=1S/C17H20N4/c1-2-7-13(8-3-1)19-17-20-15-9-10-18-11-14(15)16(21-17)12-5-4-6-12/h1-3,7-8,12,18H,4-6,9-11H2,(H,19,20,21). The fourth-order valence-corrected chi connectivity index (χ4v) is 3.10. The Morgan fingerprint density at radius 2 is 1.95 bits per heavy atom. The van der Waals surface area contributed by atoms with E-state index in [1.165, 1.54) is 36.2 Å². The highest BCUT2D eigenvalue weighted by atomic mass is 15.1. The number of hydrogen-bond donors (Lipinski definition) is 2. The van der Waals surface area contributed by atoms with Crippen LogP contribution < -0.4 is 10.6 Å². The monoisotopic (exact) mass is 280 g/mol. The average Bonchev–Trinajstić information content (AvgIpc) is 2.46. The molecule has 1 aliphatic heterocycles. The molecule has 2 aromatic rings. The van der Waals surface area contributed by atoms with Gasteiger partial charge in [0.25, 0.3) is 0 Å². The van der Waals surface area contributed by atoms with Gasteiger partial charge < -0.3 is 10.6 Å². The lowest BCUT2D eigenvalue weighted by Gasteiger charge is -2.29. The molecule has 0 spiro atoms. The molecule has 4 nitrogen and oxygen atoms in total. The van der Waals surface area contributed by atoms with E-state index in [2.05, 4.69) is 10.6 Å². The number of aromatic nitrogens is 2. The molecule has 0 saturated heterocycles. The number of anilines is 2. The SMILES string of the molecule is c1ccc(Nc2nc3c(c(C4CCC4)n2)CNCC3)cc1. The van der Waals surface area contributed by atoms with Crippen molar-refractivity contribution in [2.45, 2.75) is 38.1 Å². The number of benzene rings is 1. The minimum atomic E-state index is 0.637. The maximum atomic E-state index is 4.84. The zero-order chi connectivity index (χ0) is 14.1. The van der Waals surface area contributed by atoms with Gasteiger partial charge in [-0.1, -0.05) is 24.6 Å². The molecule has 4 rings (SSSR count). The van der Waals surface area contributed by atoms with Gasteiger partial charge in [-0.3, -0.25) is 0 Å². The van der Waals surface area contributed by atoms with Crippen molar-refractivity contribution in [2.24, 2.45) is 0 Å². The van der Waals surface area contributed by atoms with Crippen molar-refractivity contribution in [3.8, 4) is 0 Å². The summed E-state index contributed by atoms with van der Waals surface area (Å²) in [4.78, 5) is 9.59. The van der Waals surface area contributed by atoms with E-state index < -0.39 is 0 Å². The van der Waals surface area contributed by atoms with Gasteiger partial charge >= 0.3 is 0 Å². The molecule has 0 atom stereocenters. The molecule has 1 aliphatic carbocycles. The first-order valence-electron chi connectivity index (χ1n) is 7.82. The number of hydrogen-bond acceptors (Lipinski definition) is 4. The molecule has 2 heterocycles. The normalized spacial score (nSPS) is 17.9. The van der Waals surface area contributed by atoms with Crippen molar-refractivity contribution in [3.05, 3.63) is 47.3 Å². The van der Waals surface area contributed by atoms with Crippen molar-refractivity contribution in [1.29, 1.82) is 0 Å². The van der Waals surface area contributed by atoms with Crippen LogP contribution in [0.25, 0.3) is 0 Å². The van der Waals surface area contributed by atoms with Gasteiger partial charge in [0.2, 0.25) is 5.95 Å². The summed E-state index contributed by atoms with van der Waals surface area (Å²) in [5, 5.41) is 6.81. The van der Waals surface area contributed by atoms with Crippen LogP contribution in [0, 0.1) is 0 Å². The van der Waals surface area contributed by atoms with Gasteiger partial charge in [0.1, 0.15) is 0 Å². The molecule has 4 heteroatoms. The predicted molar refractivity (Wildman–Crippen MR) is 83.8 cm³/mol. The Bertz CT molecular complexity index is 635. The third kappa shape index (κ3) is 2.51. The average molecular weight is 280 g/mol. The molecule has 0 amide bonds. The molecule has 1 aromatic heterocycles. The first kappa shape index (κ1) is 12.8. The molecule has 1 saturated carbocycles. The van der Waals surface area contributed by atoms with E-state index in [0.717, 1.165) is 31.1 Å². The van der Waals surface area contributed by atoms with Crippen LogP contribution in [0.5, 0.6) is 0 Å². The van der Waals surface area contributed by atoms with Crippen molar-refractivity contribution in [1.82, 2.24) is 15.3 Å². The van der Waals surface area contributed by atoms with Crippen LogP contribution in [-0.2, 0) is 13.0 Å². The Labute approximate surface area is 125 Å². The lowest BCUT2D eigenvalue weighted by atomic mass is 9.80. The molecule has 108 valence electrons. The van der Waals surface area contributed by atoms with E-state index in [4.69, 9.17) is 9.97 Å². The number of nitrogens with one attached hydrogen (secondary N) is 2. The van der Waals surface area contributed by atoms with Gasteiger partial charge in [-0.2, -0.15) is 0 Å². The van der Waals surface area contributed by atoms with Gasteiger partial charge in [-0.25, -0.2) is 9.97 Å². The number of para-hydroxylation sites is 1. The first-order valence-corrected chi connectivity index (χ1v) is 7.82. The quantitative estimate of drug-likeness (QED) is 0.907. The van der Waals surface area contributed by atoms with E-state index in [0.29, 0.717) is 5.92 Å². The van der Waals surface area contributed by atoms with Gasteiger partial charge in [-0.15, -0.1) is 0 Å². The highest BCUT2D eigenvalue weighted by Crippen LogP contribution is 2.38. The van der Waals surface area contributed by atoms with Crippen LogP contribution in [-0.4, -0.2) is 16.5 Å². The van der Waals surface area contributed by atoms with Crippen LogP contribution in [0.15, 0.2) is 30.3 Å². The maximum Gasteiger partial charge on any atom is 0.227 e. The highest BCUT2D eigenvalue weighted by molar-refractivity contribution is 5.54. The summed E-state index contributed by atoms with van der Waals surface area (Å²) in [6.45, 7) is 1.94. The van der Waals surface area contributed by atoms with Gasteiger partial charge in [0.05, 0.1) is 11.4 Å². The minimum Gasteiger partial charge on any atom is -0.324 e. The second kappa shape index (κ2) is 5.45. The molecule has 21 heavy (non-hydrogen) atoms. The molecule has 0 unspecified atom stereocenters. The number of fused-ring (bicyclic) bond motifs is 1. The van der Waals surface area contributed by atoms with Crippen molar-refractivity contribution in [3.63, 3.8) is 0 Å². The Balaban J connectivity index is 1.70. The molecular weight excluding hydrogens is 260 g/mol. The van der Waals surface area contributed by atoms with Crippen LogP contribution in [0.2, 0.25) is 0 Å². The number of nitrogens with zero attached hydrogens (tertiary/aromatic N) is 2. The molecular formula is C17H20N4. The smallest absolute Gasteiger partial charge is 0.227 e. The van der Waals surface area contributed by atoms with Crippen LogP contribution in [0.3, 0.4) is 0 Å². The molecule has 2 N–H and O–H groups in total. The summed E-state index contributed by atoms with van der Waals surface area (Å²) in [5.41, 5.74) is 4.90. The Hall–Kier alpha value is -1.94. The lowest BCUT2D eigenvalue weighted by molar-refractivity contribution is 0.404. The highest BCUT2D eigenvalue weighted by Gasteiger charge is 2.27. The summed E-state index contributed by atoms with van der Waals surface area (Å²) in [5.74, 6) is 1.39. The van der Waals surface area contributed by atoms with E-state index in [1.54, 1.807) is 0 Å². The third-order valence-electron chi connectivity index (χ3n) is 4.49. The minimum absolute atomic E-state index is 0.637. The zero-order valence-electron chi connectivity index (χ0n) is 12.1. The van der Waals surface area contributed by atoms with E-state index >= 15 is 0 Å². The molecule has 2 aliphatic rings. The van der Waals surface area contributed by atoms with E-state index in [-0.39, 0.29) is 0 Å². The zero-order valence-corrected chi connectivity index (χ0v) is 12.1. The molecule has 1 aromatic carbocycles. The van der Waals surface area contributed by atoms with Crippen molar-refractivity contribution in [2.75, 3.05) is 11.9 Å². The predicted octanol–water partition coefficient (Wildman–Crippen LogP) is 3.13. The first-order chi connectivity index (χ1) is 10.4. The topological polar surface area (TPSA) is 49.8 Å². The summed E-state index contributed by atoms with van der Waals surface area (Å²) in [6.07, 6.45) is 4.88. The van der Waals surface area contributed by atoms with Gasteiger partial charge in [0, 0.05) is 36.7 Å². The molecule has 0 radical (unpaired) electrons. The van der Waals surface area contributed by atoms with Crippen LogP contribution in [0.1, 0.15) is 42.1 Å². The van der Waals surface area contributed by atoms with Crippen molar-refractivity contribution >= 4 is 11.6 Å². The second-order valence-corrected chi connectivity index (χ2v) is 5.90. The summed E-state index contributed by atoms with van der Waals surface area (Å²) >= 11 is 0. The Morgan fingerprint density at radius 3 is 2.71 bits per heavy atom. The number of rotatable bonds is 3. The summed E-state index contributed by atoms with van der Waals surface area (Å²) in [7, 11) is 0. The van der Waals surface area contributed by atoms with E-state index in [9.17, 15) is 0 Å². The van der Waals surface area contributed by atoms with Crippen LogP contribution >= 0.6 is 0 Å². The van der Waals surface area contributed by atoms with E-state index in [1.807, 2.05) is 30.3 Å². The maximum absolute atomic E-state index is 4.84. The largest absolute Gasteiger partial charge is 0.324 e. The lowest BCUT2D eigenvalue weighted by Crippen LogP contribution is -2.28. The Morgan fingerprint density at radius 1 is 1.10 bits per heavy atom. The Kier molecular flexibility index (Phi) is 3.31. The van der Waals surface area contributed by atoms with Crippen LogP contribution in [0.4, 0.5) is 11.6 Å². The van der Waals surface area contributed by atoms with Crippen molar-refractivity contribution < 1.29 is 0 Å². The third-order valence-corrected chi connectivity index (χ3v) is 4.49. The molecule has 0 bridgehead atoms.